The summed E-state index contributed by atoms with van der Waals surface area (Å²) in [5, 5.41) is 21.1. The molecule has 2 aliphatic rings. The monoisotopic (exact) mass is 455 g/mol. The third-order valence-corrected chi connectivity index (χ3v) is 7.16. The Labute approximate surface area is 199 Å². The SMILES string of the molecule is Cc1cccc(C[C@@H](O)/C=C/[C@@H]2[C@H]3CC(COCCC(=O)N(C)C(C)(C)C)=C[C@H]3C[C@H]2O)c1. The lowest BCUT2D eigenvalue weighted by molar-refractivity contribution is -0.135. The van der Waals surface area contributed by atoms with Crippen molar-refractivity contribution in [3.63, 3.8) is 0 Å². The van der Waals surface area contributed by atoms with E-state index in [9.17, 15) is 15.0 Å². The van der Waals surface area contributed by atoms with Gasteiger partial charge in [0.15, 0.2) is 0 Å². The fourth-order valence-electron chi connectivity index (χ4n) is 5.02. The smallest absolute Gasteiger partial charge is 0.225 e. The molecule has 33 heavy (non-hydrogen) atoms. The van der Waals surface area contributed by atoms with Gasteiger partial charge in [-0.3, -0.25) is 4.79 Å². The number of aliphatic hydroxyl groups is 2. The molecule has 2 N–H and O–H groups in total. The van der Waals surface area contributed by atoms with E-state index in [2.05, 4.69) is 25.1 Å². The van der Waals surface area contributed by atoms with Gasteiger partial charge in [0.2, 0.25) is 5.91 Å². The first-order valence-electron chi connectivity index (χ1n) is 12.2. The maximum Gasteiger partial charge on any atom is 0.225 e. The zero-order valence-corrected chi connectivity index (χ0v) is 20.8. The second-order valence-corrected chi connectivity index (χ2v) is 10.8. The fourth-order valence-corrected chi connectivity index (χ4v) is 5.02. The van der Waals surface area contributed by atoms with Crippen molar-refractivity contribution in [3.8, 4) is 0 Å². The van der Waals surface area contributed by atoms with Crippen molar-refractivity contribution in [1.29, 1.82) is 0 Å². The average molecular weight is 456 g/mol. The van der Waals surface area contributed by atoms with Gasteiger partial charge in [0.25, 0.3) is 0 Å². The molecule has 0 spiro atoms. The van der Waals surface area contributed by atoms with Crippen molar-refractivity contribution in [2.75, 3.05) is 20.3 Å². The number of hydrogen-bond acceptors (Lipinski definition) is 4. The van der Waals surface area contributed by atoms with Crippen molar-refractivity contribution in [2.45, 2.75) is 71.1 Å². The Hall–Kier alpha value is -1.95. The van der Waals surface area contributed by atoms with E-state index in [1.54, 1.807) is 4.90 Å². The highest BCUT2D eigenvalue weighted by molar-refractivity contribution is 5.76. The summed E-state index contributed by atoms with van der Waals surface area (Å²) in [6.07, 6.45) is 7.83. The molecular weight excluding hydrogens is 414 g/mol. The van der Waals surface area contributed by atoms with E-state index < -0.39 is 6.10 Å². The van der Waals surface area contributed by atoms with Crippen LogP contribution in [0.25, 0.3) is 0 Å². The Kier molecular flexibility index (Phi) is 8.54. The van der Waals surface area contributed by atoms with Gasteiger partial charge in [0.05, 0.1) is 31.8 Å². The molecule has 0 heterocycles. The lowest BCUT2D eigenvalue weighted by atomic mass is 9.89. The highest BCUT2D eigenvalue weighted by Crippen LogP contribution is 2.47. The number of allylic oxidation sites excluding steroid dienone is 1. The summed E-state index contributed by atoms with van der Waals surface area (Å²) in [7, 11) is 1.83. The van der Waals surface area contributed by atoms with E-state index in [0.717, 1.165) is 18.4 Å². The van der Waals surface area contributed by atoms with Gasteiger partial charge in [0.1, 0.15) is 0 Å². The number of ether oxygens (including phenoxy) is 1. The number of amides is 1. The number of rotatable bonds is 9. The topological polar surface area (TPSA) is 70.0 Å². The van der Waals surface area contributed by atoms with Gasteiger partial charge in [-0.2, -0.15) is 0 Å². The molecule has 0 radical (unpaired) electrons. The Morgan fingerprint density at radius 2 is 2.09 bits per heavy atom. The summed E-state index contributed by atoms with van der Waals surface area (Å²) in [5.74, 6) is 0.862. The molecule has 5 heteroatoms. The van der Waals surface area contributed by atoms with E-state index in [1.807, 2.05) is 52.1 Å². The normalized spacial score (nSPS) is 25.8. The van der Waals surface area contributed by atoms with Gasteiger partial charge < -0.3 is 19.8 Å². The highest BCUT2D eigenvalue weighted by atomic mass is 16.5. The Bertz CT molecular complexity index is 869. The summed E-state index contributed by atoms with van der Waals surface area (Å²) < 4.78 is 5.82. The van der Waals surface area contributed by atoms with Gasteiger partial charge >= 0.3 is 0 Å². The predicted octanol–water partition coefficient (Wildman–Crippen LogP) is 4.06. The van der Waals surface area contributed by atoms with Gasteiger partial charge in [-0.05, 0) is 63.5 Å². The predicted molar refractivity (Wildman–Crippen MR) is 132 cm³/mol. The van der Waals surface area contributed by atoms with Crippen LogP contribution in [0.15, 0.2) is 48.1 Å². The van der Waals surface area contributed by atoms with Crippen LogP contribution in [0, 0.1) is 24.7 Å². The van der Waals surface area contributed by atoms with Gasteiger partial charge in [-0.15, -0.1) is 0 Å². The van der Waals surface area contributed by atoms with Crippen LogP contribution in [-0.4, -0.2) is 59.0 Å². The molecule has 0 unspecified atom stereocenters. The first-order chi connectivity index (χ1) is 15.5. The second-order valence-electron chi connectivity index (χ2n) is 10.8. The molecule has 0 bridgehead atoms. The number of carbonyl (C=O) groups excluding carboxylic acids is 1. The van der Waals surface area contributed by atoms with E-state index in [4.69, 9.17) is 4.74 Å². The summed E-state index contributed by atoms with van der Waals surface area (Å²) in [6, 6.07) is 8.20. The zero-order valence-electron chi connectivity index (χ0n) is 20.8. The molecule has 0 saturated heterocycles. The molecule has 0 aliphatic heterocycles. The number of carbonyl (C=O) groups is 1. The number of benzene rings is 1. The summed E-state index contributed by atoms with van der Waals surface area (Å²) >= 11 is 0. The maximum absolute atomic E-state index is 12.3. The zero-order chi connectivity index (χ0) is 24.2. The molecule has 1 fully saturated rings. The molecular formula is C28H41NO4. The summed E-state index contributed by atoms with van der Waals surface area (Å²) in [5.41, 5.74) is 3.38. The lowest BCUT2D eigenvalue weighted by Crippen LogP contribution is -2.42. The van der Waals surface area contributed by atoms with Crippen LogP contribution in [-0.2, 0) is 16.0 Å². The minimum Gasteiger partial charge on any atom is -0.392 e. The number of hydrogen-bond donors (Lipinski definition) is 2. The molecule has 3 rings (SSSR count). The van der Waals surface area contributed by atoms with E-state index in [1.165, 1.54) is 11.1 Å². The van der Waals surface area contributed by atoms with Crippen LogP contribution in [0.4, 0.5) is 0 Å². The highest BCUT2D eigenvalue weighted by Gasteiger charge is 2.43. The lowest BCUT2D eigenvalue weighted by Gasteiger charge is -2.32. The van der Waals surface area contributed by atoms with Crippen molar-refractivity contribution in [2.24, 2.45) is 17.8 Å². The quantitative estimate of drug-likeness (QED) is 0.435. The van der Waals surface area contributed by atoms with Crippen molar-refractivity contribution >= 4 is 5.91 Å². The van der Waals surface area contributed by atoms with Crippen LogP contribution >= 0.6 is 0 Å². The number of aryl methyl sites for hydroxylation is 1. The third-order valence-electron chi connectivity index (χ3n) is 7.16. The molecule has 0 aromatic heterocycles. The van der Waals surface area contributed by atoms with Gasteiger partial charge in [0, 0.05) is 24.9 Å². The van der Waals surface area contributed by atoms with Crippen molar-refractivity contribution in [3.05, 3.63) is 59.2 Å². The first kappa shape index (κ1) is 25.7. The third kappa shape index (κ3) is 7.02. The molecule has 5 nitrogen and oxygen atoms in total. The minimum atomic E-state index is -0.556. The molecule has 2 aliphatic carbocycles. The molecule has 1 aromatic carbocycles. The van der Waals surface area contributed by atoms with Crippen LogP contribution in [0.2, 0.25) is 0 Å². The number of fused-ring (bicyclic) bond motifs is 1. The van der Waals surface area contributed by atoms with E-state index >= 15 is 0 Å². The molecule has 1 saturated carbocycles. The Morgan fingerprint density at radius 3 is 2.79 bits per heavy atom. The van der Waals surface area contributed by atoms with Crippen LogP contribution < -0.4 is 0 Å². The molecule has 5 atom stereocenters. The molecule has 1 amide bonds. The number of nitrogens with zero attached hydrogens (tertiary/aromatic N) is 1. The van der Waals surface area contributed by atoms with Gasteiger partial charge in [-0.1, -0.05) is 48.1 Å². The Balaban J connectivity index is 1.45. The minimum absolute atomic E-state index is 0.0536. The van der Waals surface area contributed by atoms with Crippen molar-refractivity contribution < 1.29 is 19.7 Å². The largest absolute Gasteiger partial charge is 0.392 e. The first-order valence-corrected chi connectivity index (χ1v) is 12.2. The summed E-state index contributed by atoms with van der Waals surface area (Å²) in [6.45, 7) is 9.08. The number of aliphatic hydroxyl groups excluding tert-OH is 2. The van der Waals surface area contributed by atoms with E-state index in [-0.39, 0.29) is 23.5 Å². The second kappa shape index (κ2) is 11.0. The van der Waals surface area contributed by atoms with Crippen LogP contribution in [0.5, 0.6) is 0 Å². The maximum atomic E-state index is 12.3. The Morgan fingerprint density at radius 1 is 1.33 bits per heavy atom. The average Bonchev–Trinajstić information content (AvgIpc) is 3.24. The van der Waals surface area contributed by atoms with Crippen LogP contribution in [0.3, 0.4) is 0 Å². The van der Waals surface area contributed by atoms with Crippen LogP contribution in [0.1, 0.15) is 51.2 Å². The van der Waals surface area contributed by atoms with Crippen molar-refractivity contribution in [1.82, 2.24) is 4.90 Å². The van der Waals surface area contributed by atoms with E-state index in [0.29, 0.717) is 37.9 Å². The molecule has 182 valence electrons. The standard InChI is InChI=1S/C28H41NO4/c1-19-7-6-8-20(13-19)15-23(30)9-10-24-25-16-21(14-22(25)17-26(24)31)18-33-12-11-27(32)29(5)28(2,3)4/h6-10,13-14,22-26,30-31H,11-12,15-18H2,1-5H3/b10-9+/t22-,23-,24+,25-,26+/m0/s1. The fraction of sp³-hybridized carbons (Fsp3) is 0.607. The summed E-state index contributed by atoms with van der Waals surface area (Å²) in [4.78, 5) is 14.0. The molecule has 1 aromatic rings. The van der Waals surface area contributed by atoms with Gasteiger partial charge in [-0.25, -0.2) is 0 Å².